The number of aromatic nitrogens is 1. The molecule has 4 rings (SSSR count). The maximum absolute atomic E-state index is 12.4. The number of hydrogen-bond donors (Lipinski definition) is 0. The highest BCUT2D eigenvalue weighted by Crippen LogP contribution is 2.36. The monoisotopic (exact) mass is 353 g/mol. The van der Waals surface area contributed by atoms with Gasteiger partial charge in [-0.2, -0.15) is 0 Å². The molecule has 2 aromatic carbocycles. The number of cyclic esters (lactones) is 1. The Morgan fingerprint density at radius 3 is 2.54 bits per heavy atom. The van der Waals surface area contributed by atoms with Crippen molar-refractivity contribution in [3.63, 3.8) is 0 Å². The molecule has 1 aliphatic rings. The van der Waals surface area contributed by atoms with Crippen LogP contribution in [-0.2, 0) is 11.2 Å². The first kappa shape index (κ1) is 15.8. The van der Waals surface area contributed by atoms with Crippen LogP contribution < -0.4 is 0 Å². The molecule has 0 radical (unpaired) electrons. The van der Waals surface area contributed by atoms with E-state index in [0.717, 1.165) is 17.0 Å². The lowest BCUT2D eigenvalue weighted by Crippen LogP contribution is -2.20. The molecule has 0 spiro atoms. The van der Waals surface area contributed by atoms with Crippen LogP contribution in [0.2, 0.25) is 0 Å². The fourth-order valence-electron chi connectivity index (χ4n) is 3.30. The maximum Gasteiger partial charge on any atom is 0.355 e. The number of nitrogens with zero attached hydrogens (tertiary/aromatic N) is 3. The Labute approximate surface area is 145 Å². The average molecular weight is 353 g/mol. The van der Waals surface area contributed by atoms with Gasteiger partial charge in [0.1, 0.15) is 11.4 Å². The number of fused-ring (bicyclic) bond motifs is 3. The number of nitro groups is 2. The SMILES string of the molecule is O=C1OCCc2c1n(-c1ccc([N+](=O)[O-])cc1[N+](=O)[O-])c1ccccc21. The molecule has 130 valence electrons. The van der Waals surface area contributed by atoms with Gasteiger partial charge in [-0.25, -0.2) is 4.79 Å². The van der Waals surface area contributed by atoms with Crippen LogP contribution >= 0.6 is 0 Å². The van der Waals surface area contributed by atoms with Crippen LogP contribution in [0.4, 0.5) is 11.4 Å². The third kappa shape index (κ3) is 2.21. The molecular formula is C17H11N3O6. The van der Waals surface area contributed by atoms with Crippen LogP contribution in [0.3, 0.4) is 0 Å². The average Bonchev–Trinajstić information content (AvgIpc) is 2.97. The van der Waals surface area contributed by atoms with E-state index in [-0.39, 0.29) is 18.0 Å². The van der Waals surface area contributed by atoms with Gasteiger partial charge in [-0.3, -0.25) is 24.8 Å². The van der Waals surface area contributed by atoms with E-state index < -0.39 is 27.2 Å². The molecule has 0 bridgehead atoms. The molecule has 0 unspecified atom stereocenters. The van der Waals surface area contributed by atoms with Crippen molar-refractivity contribution < 1.29 is 19.4 Å². The number of benzene rings is 2. The zero-order valence-electron chi connectivity index (χ0n) is 13.2. The summed E-state index contributed by atoms with van der Waals surface area (Å²) >= 11 is 0. The molecule has 0 atom stereocenters. The van der Waals surface area contributed by atoms with Crippen molar-refractivity contribution in [1.82, 2.24) is 4.57 Å². The van der Waals surface area contributed by atoms with E-state index in [4.69, 9.17) is 4.74 Å². The smallest absolute Gasteiger partial charge is 0.355 e. The van der Waals surface area contributed by atoms with Crippen LogP contribution in [0.25, 0.3) is 16.6 Å². The topological polar surface area (TPSA) is 118 Å². The third-order valence-electron chi connectivity index (χ3n) is 4.37. The molecule has 9 nitrogen and oxygen atoms in total. The lowest BCUT2D eigenvalue weighted by molar-refractivity contribution is -0.394. The number of nitro benzene ring substituents is 2. The Hall–Kier alpha value is -3.75. The second-order valence-electron chi connectivity index (χ2n) is 5.75. The van der Waals surface area contributed by atoms with Gasteiger partial charge in [-0.15, -0.1) is 0 Å². The van der Waals surface area contributed by atoms with Gasteiger partial charge >= 0.3 is 5.97 Å². The van der Waals surface area contributed by atoms with Gasteiger partial charge in [0.15, 0.2) is 0 Å². The quantitative estimate of drug-likeness (QED) is 0.405. The fraction of sp³-hybridized carbons (Fsp3) is 0.118. The minimum absolute atomic E-state index is 0.0805. The Morgan fingerprint density at radius 2 is 1.81 bits per heavy atom. The standard InChI is InChI=1S/C17H11N3O6/c21-17-16-12(7-8-26-17)11-3-1-2-4-13(11)18(16)14-6-5-10(19(22)23)9-15(14)20(24)25/h1-6,9H,7-8H2. The van der Waals surface area contributed by atoms with E-state index in [9.17, 15) is 25.0 Å². The summed E-state index contributed by atoms with van der Waals surface area (Å²) < 4.78 is 6.57. The van der Waals surface area contributed by atoms with Crippen molar-refractivity contribution in [2.75, 3.05) is 6.61 Å². The van der Waals surface area contributed by atoms with E-state index in [1.54, 1.807) is 12.1 Å². The van der Waals surface area contributed by atoms with Crippen LogP contribution in [0.1, 0.15) is 16.1 Å². The molecule has 0 fully saturated rings. The zero-order chi connectivity index (χ0) is 18.4. The van der Waals surface area contributed by atoms with Crippen LogP contribution in [-0.4, -0.2) is 27.0 Å². The molecule has 9 heteroatoms. The summed E-state index contributed by atoms with van der Waals surface area (Å²) in [6.45, 7) is 0.238. The number of ether oxygens (including phenoxy) is 1. The number of carbonyl (C=O) groups is 1. The van der Waals surface area contributed by atoms with Crippen molar-refractivity contribution in [2.24, 2.45) is 0 Å². The van der Waals surface area contributed by atoms with E-state index in [0.29, 0.717) is 11.9 Å². The Balaban J connectivity index is 2.10. The lowest BCUT2D eigenvalue weighted by Gasteiger charge is -2.15. The highest BCUT2D eigenvalue weighted by atomic mass is 16.6. The normalized spacial score (nSPS) is 13.3. The molecule has 0 saturated heterocycles. The van der Waals surface area contributed by atoms with Crippen molar-refractivity contribution in [3.05, 3.63) is 74.0 Å². The zero-order valence-corrected chi connectivity index (χ0v) is 13.2. The summed E-state index contributed by atoms with van der Waals surface area (Å²) in [5.74, 6) is -0.574. The maximum atomic E-state index is 12.4. The Bertz CT molecular complexity index is 1100. The summed E-state index contributed by atoms with van der Waals surface area (Å²) in [5, 5.41) is 23.3. The minimum Gasteiger partial charge on any atom is -0.461 e. The molecule has 3 aromatic rings. The number of para-hydroxylation sites is 1. The molecule has 26 heavy (non-hydrogen) atoms. The van der Waals surface area contributed by atoms with Crippen molar-refractivity contribution in [1.29, 1.82) is 0 Å². The van der Waals surface area contributed by atoms with Gasteiger partial charge in [0, 0.05) is 17.9 Å². The number of rotatable bonds is 3. The first-order valence-corrected chi connectivity index (χ1v) is 7.71. The first-order chi connectivity index (χ1) is 12.5. The fourth-order valence-corrected chi connectivity index (χ4v) is 3.30. The Morgan fingerprint density at radius 1 is 1.04 bits per heavy atom. The van der Waals surface area contributed by atoms with Gasteiger partial charge in [-0.05, 0) is 17.7 Å². The number of carbonyl (C=O) groups excluding carboxylic acids is 1. The second kappa shape index (κ2) is 5.66. The summed E-state index contributed by atoms with van der Waals surface area (Å²) in [7, 11) is 0. The van der Waals surface area contributed by atoms with Gasteiger partial charge in [-0.1, -0.05) is 18.2 Å². The van der Waals surface area contributed by atoms with Crippen LogP contribution in [0, 0.1) is 20.2 Å². The molecule has 0 saturated carbocycles. The van der Waals surface area contributed by atoms with Crippen molar-refractivity contribution in [3.8, 4) is 5.69 Å². The summed E-state index contributed by atoms with van der Waals surface area (Å²) in [4.78, 5) is 33.5. The molecule has 1 aromatic heterocycles. The number of non-ortho nitro benzene ring substituents is 1. The number of hydrogen-bond acceptors (Lipinski definition) is 6. The van der Waals surface area contributed by atoms with E-state index in [1.807, 2.05) is 12.1 Å². The van der Waals surface area contributed by atoms with E-state index >= 15 is 0 Å². The van der Waals surface area contributed by atoms with Crippen molar-refractivity contribution >= 4 is 28.2 Å². The van der Waals surface area contributed by atoms with Crippen LogP contribution in [0.15, 0.2) is 42.5 Å². The summed E-state index contributed by atoms with van der Waals surface area (Å²) in [5.41, 5.74) is 0.804. The summed E-state index contributed by atoms with van der Waals surface area (Å²) in [6.07, 6.45) is 0.495. The predicted molar refractivity (Wildman–Crippen MR) is 90.6 cm³/mol. The van der Waals surface area contributed by atoms with Gasteiger partial charge < -0.3 is 4.74 Å². The highest BCUT2D eigenvalue weighted by molar-refractivity contribution is 6.01. The largest absolute Gasteiger partial charge is 0.461 e. The van der Waals surface area contributed by atoms with Crippen LogP contribution in [0.5, 0.6) is 0 Å². The molecule has 2 heterocycles. The molecule has 0 aliphatic carbocycles. The predicted octanol–water partition coefficient (Wildman–Crippen LogP) is 3.16. The van der Waals surface area contributed by atoms with Gasteiger partial charge in [0.25, 0.3) is 11.4 Å². The molecular weight excluding hydrogens is 342 g/mol. The van der Waals surface area contributed by atoms with Gasteiger partial charge in [0.2, 0.25) is 0 Å². The Kier molecular flexibility index (Phi) is 3.43. The third-order valence-corrected chi connectivity index (χ3v) is 4.37. The van der Waals surface area contributed by atoms with Crippen molar-refractivity contribution in [2.45, 2.75) is 6.42 Å². The molecule has 0 N–H and O–H groups in total. The summed E-state index contributed by atoms with van der Waals surface area (Å²) in [6, 6.07) is 10.5. The number of esters is 1. The van der Waals surface area contributed by atoms with E-state index in [2.05, 4.69) is 0 Å². The first-order valence-electron chi connectivity index (χ1n) is 7.71. The minimum atomic E-state index is -0.700. The lowest BCUT2D eigenvalue weighted by atomic mass is 10.1. The molecule has 1 aliphatic heterocycles. The second-order valence-corrected chi connectivity index (χ2v) is 5.75. The van der Waals surface area contributed by atoms with E-state index in [1.165, 1.54) is 16.7 Å². The highest BCUT2D eigenvalue weighted by Gasteiger charge is 2.31. The molecule has 0 amide bonds. The van der Waals surface area contributed by atoms with Gasteiger partial charge in [0.05, 0.1) is 28.0 Å².